The van der Waals surface area contributed by atoms with Crippen LogP contribution in [0.15, 0.2) is 11.6 Å². The maximum absolute atomic E-state index is 13.1. The number of hydrogen-bond acceptors (Lipinski definition) is 12. The van der Waals surface area contributed by atoms with Crippen LogP contribution in [-0.4, -0.2) is 127 Å². The Kier molecular flexibility index (Phi) is 10.8. The minimum absolute atomic E-state index is 0.112. The highest BCUT2D eigenvalue weighted by atomic mass is 16.7. The Hall–Kier alpha value is -1.72. The van der Waals surface area contributed by atoms with Crippen LogP contribution in [0.5, 0.6) is 0 Å². The minimum atomic E-state index is -1.65. The van der Waals surface area contributed by atoms with E-state index in [4.69, 9.17) is 18.9 Å². The van der Waals surface area contributed by atoms with Crippen LogP contribution >= 0.6 is 0 Å². The van der Waals surface area contributed by atoms with E-state index in [2.05, 4.69) is 40.7 Å². The fraction of sp³-hybridized carbons (Fsp3) is 0.905. The molecule has 0 aromatic carbocycles. The molecule has 0 radical (unpaired) electrons. The maximum atomic E-state index is 13.1. The number of carboxylic acid groups (broad SMARTS) is 2. The molecule has 7 aliphatic rings. The van der Waals surface area contributed by atoms with E-state index in [9.17, 15) is 50.4 Å². The van der Waals surface area contributed by atoms with Gasteiger partial charge in [-0.05, 0) is 117 Å². The molecule has 0 spiro atoms. The van der Waals surface area contributed by atoms with Crippen LogP contribution in [-0.2, 0) is 28.5 Å². The standard InChI is InChI=1S/C42H66O14/c1-20-27(44)28(45)30(47)33(53-20)56-32-23(19-43)54-34(31(48)29(32)46)55-26-11-12-39(5)24(37(26,2)3)10-13-41(7)25(39)9-8-21-22-18-38(4,35(49)50)14-16-42(22,36(51)52)17-15-40(21,41)6/h8,20,22-34,43-48H,9-19H2,1-7H3,(H,49,50)(H,51,52)/t20-,22-,23-,24+,25-,26+,27-,28+,29-,30-,31-,32-,33+,34+,38+,39+,40-,41-,42-/m0/s1. The summed E-state index contributed by atoms with van der Waals surface area (Å²) in [6, 6.07) is 0. The first kappa shape index (κ1) is 42.4. The van der Waals surface area contributed by atoms with Crippen molar-refractivity contribution in [3.05, 3.63) is 11.6 Å². The zero-order chi connectivity index (χ0) is 41.1. The van der Waals surface area contributed by atoms with Gasteiger partial charge in [-0.2, -0.15) is 0 Å². The second kappa shape index (κ2) is 14.2. The van der Waals surface area contributed by atoms with Crippen molar-refractivity contribution < 1.29 is 69.4 Å². The molecule has 2 saturated heterocycles. The zero-order valence-corrected chi connectivity index (χ0v) is 34.0. The van der Waals surface area contributed by atoms with Crippen molar-refractivity contribution in [2.45, 2.75) is 180 Å². The number of aliphatic hydroxyl groups excluding tert-OH is 6. The van der Waals surface area contributed by atoms with E-state index in [1.807, 2.05) is 0 Å². The van der Waals surface area contributed by atoms with E-state index >= 15 is 0 Å². The molecule has 6 fully saturated rings. The topological polar surface area (TPSA) is 233 Å². The van der Waals surface area contributed by atoms with Gasteiger partial charge >= 0.3 is 11.9 Å². The highest BCUT2D eigenvalue weighted by Gasteiger charge is 2.70. The predicted octanol–water partition coefficient (Wildman–Crippen LogP) is 2.97. The first-order valence-corrected chi connectivity index (χ1v) is 20.8. The predicted molar refractivity (Wildman–Crippen MR) is 198 cm³/mol. The number of rotatable bonds is 7. The van der Waals surface area contributed by atoms with Gasteiger partial charge in [-0.25, -0.2) is 0 Å². The van der Waals surface area contributed by atoms with Crippen LogP contribution in [0.3, 0.4) is 0 Å². The molecule has 8 N–H and O–H groups in total. The number of aliphatic hydroxyl groups is 6. The minimum Gasteiger partial charge on any atom is -0.481 e. The molecule has 2 aliphatic heterocycles. The van der Waals surface area contributed by atoms with Crippen LogP contribution in [0, 0.1) is 50.2 Å². The molecule has 0 amide bonds. The Bertz CT molecular complexity index is 1570. The van der Waals surface area contributed by atoms with E-state index in [1.54, 1.807) is 6.92 Å². The van der Waals surface area contributed by atoms with Crippen molar-refractivity contribution in [1.29, 1.82) is 0 Å². The molecular formula is C42H66O14. The van der Waals surface area contributed by atoms with Crippen LogP contribution in [0.2, 0.25) is 0 Å². The lowest BCUT2D eigenvalue weighted by atomic mass is 9.33. The molecular weight excluding hydrogens is 728 g/mol. The number of hydrogen-bond donors (Lipinski definition) is 8. The Morgan fingerprint density at radius 3 is 2.04 bits per heavy atom. The van der Waals surface area contributed by atoms with Gasteiger partial charge in [-0.3, -0.25) is 9.59 Å². The molecule has 4 saturated carbocycles. The lowest BCUT2D eigenvalue weighted by Gasteiger charge is -2.71. The average Bonchev–Trinajstić information content (AvgIpc) is 3.13. The molecule has 0 unspecified atom stereocenters. The Balaban J connectivity index is 1.10. The van der Waals surface area contributed by atoms with E-state index in [1.165, 1.54) is 6.92 Å². The quantitative estimate of drug-likeness (QED) is 0.137. The third kappa shape index (κ3) is 6.01. The number of aliphatic carboxylic acids is 2. The lowest BCUT2D eigenvalue weighted by molar-refractivity contribution is -0.366. The van der Waals surface area contributed by atoms with Crippen molar-refractivity contribution in [3.8, 4) is 0 Å². The SMILES string of the molecule is C[C@@H]1O[C@H](O[C@@H]2[C@@H](O)[C@H](O)[C@@H](O[C@@H]3CC[C@]4(C)[C@H](CC[C@@]5(C)[C@H]4CC=C4[C@@H]6C[C@](C)(C(=O)O)CC[C@]6(C(=O)O)CC[C@@]45C)C3(C)C)O[C@H]2CO)[C@@H](O)[C@H](O)[C@H]1O. The highest BCUT2D eigenvalue weighted by molar-refractivity contribution is 5.79. The van der Waals surface area contributed by atoms with Crippen LogP contribution in [0.4, 0.5) is 0 Å². The van der Waals surface area contributed by atoms with E-state index in [0.29, 0.717) is 32.1 Å². The Morgan fingerprint density at radius 1 is 0.750 bits per heavy atom. The van der Waals surface area contributed by atoms with Crippen molar-refractivity contribution in [2.24, 2.45) is 50.2 Å². The lowest BCUT2D eigenvalue weighted by Crippen LogP contribution is -2.66. The average molecular weight is 795 g/mol. The maximum Gasteiger partial charge on any atom is 0.310 e. The molecule has 318 valence electrons. The number of allylic oxidation sites excluding steroid dienone is 2. The first-order valence-electron chi connectivity index (χ1n) is 20.8. The third-order valence-electron chi connectivity index (χ3n) is 17.5. The second-order valence-electron chi connectivity index (χ2n) is 20.4. The van der Waals surface area contributed by atoms with Gasteiger partial charge in [0, 0.05) is 0 Å². The van der Waals surface area contributed by atoms with Gasteiger partial charge < -0.3 is 59.8 Å². The molecule has 5 aliphatic carbocycles. The summed E-state index contributed by atoms with van der Waals surface area (Å²) in [6.07, 6.45) is -5.58. The summed E-state index contributed by atoms with van der Waals surface area (Å²) in [5.74, 6) is -1.50. The van der Waals surface area contributed by atoms with E-state index in [0.717, 1.165) is 37.7 Å². The molecule has 0 bridgehead atoms. The second-order valence-corrected chi connectivity index (χ2v) is 20.4. The highest BCUT2D eigenvalue weighted by Crippen LogP contribution is 2.76. The smallest absolute Gasteiger partial charge is 0.310 e. The summed E-state index contributed by atoms with van der Waals surface area (Å²) >= 11 is 0. The summed E-state index contributed by atoms with van der Waals surface area (Å²) in [4.78, 5) is 25.6. The summed E-state index contributed by atoms with van der Waals surface area (Å²) in [5, 5.41) is 84.7. The summed E-state index contributed by atoms with van der Waals surface area (Å²) in [7, 11) is 0. The Labute approximate surface area is 329 Å². The Morgan fingerprint density at radius 2 is 1.39 bits per heavy atom. The summed E-state index contributed by atoms with van der Waals surface area (Å²) in [6.45, 7) is 14.2. The van der Waals surface area contributed by atoms with Gasteiger partial charge in [-0.15, -0.1) is 0 Å². The van der Waals surface area contributed by atoms with Crippen LogP contribution in [0.1, 0.15) is 113 Å². The number of carbonyl (C=O) groups is 2. The van der Waals surface area contributed by atoms with Crippen molar-refractivity contribution in [3.63, 3.8) is 0 Å². The van der Waals surface area contributed by atoms with E-state index < -0.39 is 96.2 Å². The molecule has 0 aromatic heterocycles. The van der Waals surface area contributed by atoms with Gasteiger partial charge in [-0.1, -0.05) is 46.3 Å². The van der Waals surface area contributed by atoms with Gasteiger partial charge in [0.15, 0.2) is 12.6 Å². The fourth-order valence-corrected chi connectivity index (χ4v) is 13.7. The molecule has 14 heteroatoms. The van der Waals surface area contributed by atoms with Crippen molar-refractivity contribution in [1.82, 2.24) is 0 Å². The van der Waals surface area contributed by atoms with Crippen molar-refractivity contribution >= 4 is 11.9 Å². The largest absolute Gasteiger partial charge is 0.481 e. The molecule has 0 aromatic rings. The van der Waals surface area contributed by atoms with Crippen molar-refractivity contribution in [2.75, 3.05) is 6.61 Å². The normalized spacial score (nSPS) is 54.1. The van der Waals surface area contributed by atoms with Crippen LogP contribution in [0.25, 0.3) is 0 Å². The number of fused-ring (bicyclic) bond motifs is 7. The van der Waals surface area contributed by atoms with Gasteiger partial charge in [0.25, 0.3) is 0 Å². The number of carboxylic acids is 2. The van der Waals surface area contributed by atoms with Crippen LogP contribution < -0.4 is 0 Å². The number of ether oxygens (including phenoxy) is 4. The third-order valence-corrected chi connectivity index (χ3v) is 17.5. The zero-order valence-electron chi connectivity index (χ0n) is 34.0. The molecule has 2 heterocycles. The van der Waals surface area contributed by atoms with Gasteiger partial charge in [0.1, 0.15) is 42.7 Å². The summed E-state index contributed by atoms with van der Waals surface area (Å²) < 4.78 is 24.0. The summed E-state index contributed by atoms with van der Waals surface area (Å²) in [5.41, 5.74) is -1.71. The fourth-order valence-electron chi connectivity index (χ4n) is 13.7. The van der Waals surface area contributed by atoms with Gasteiger partial charge in [0.05, 0.1) is 29.6 Å². The van der Waals surface area contributed by atoms with Gasteiger partial charge in [0.2, 0.25) is 0 Å². The molecule has 56 heavy (non-hydrogen) atoms. The van der Waals surface area contributed by atoms with E-state index in [-0.39, 0.29) is 40.1 Å². The molecule has 19 atom stereocenters. The molecule has 14 nitrogen and oxygen atoms in total. The molecule has 7 rings (SSSR count). The monoisotopic (exact) mass is 794 g/mol. The first-order chi connectivity index (χ1) is 26.0.